The van der Waals surface area contributed by atoms with E-state index in [0.29, 0.717) is 11.8 Å². The van der Waals surface area contributed by atoms with Crippen LogP contribution in [0.15, 0.2) is 18.2 Å². The smallest absolute Gasteiger partial charge is 0.261 e. The van der Waals surface area contributed by atoms with E-state index in [1.807, 2.05) is 0 Å². The highest BCUT2D eigenvalue weighted by molar-refractivity contribution is 6.03. The molecule has 2 aromatic rings. The first kappa shape index (κ1) is 19.1. The number of carbonyl (C=O) groups excluding carboxylic acids is 1. The molecule has 1 aromatic carbocycles. The molecule has 0 aliphatic carbocycles. The summed E-state index contributed by atoms with van der Waals surface area (Å²) < 4.78 is 20.6. The van der Waals surface area contributed by atoms with Crippen LogP contribution in [0.2, 0.25) is 0 Å². The summed E-state index contributed by atoms with van der Waals surface area (Å²) in [5.74, 6) is 0.0286. The van der Waals surface area contributed by atoms with Crippen LogP contribution >= 0.6 is 12.4 Å². The van der Waals surface area contributed by atoms with Crippen molar-refractivity contribution in [3.63, 3.8) is 0 Å². The Kier molecular flexibility index (Phi) is 6.33. The minimum Gasteiger partial charge on any atom is -0.494 e. The highest BCUT2D eigenvalue weighted by Crippen LogP contribution is 2.24. The molecule has 1 aromatic heterocycles. The number of benzene rings is 1. The predicted octanol–water partition coefficient (Wildman–Crippen LogP) is 2.10. The second-order valence-corrected chi connectivity index (χ2v) is 5.72. The zero-order valence-electron chi connectivity index (χ0n) is 14.1. The largest absolute Gasteiger partial charge is 0.494 e. The molecule has 1 aliphatic rings. The van der Waals surface area contributed by atoms with E-state index in [0.717, 1.165) is 25.9 Å². The molecule has 0 spiro atoms. The van der Waals surface area contributed by atoms with Gasteiger partial charge in [0.25, 0.3) is 5.91 Å². The molecule has 1 saturated heterocycles. The van der Waals surface area contributed by atoms with Gasteiger partial charge in [-0.1, -0.05) is 6.07 Å². The maximum absolute atomic E-state index is 14.2. The van der Waals surface area contributed by atoms with Gasteiger partial charge in [0.15, 0.2) is 17.4 Å². The number of carbonyl (C=O) groups is 1. The molecule has 1 aliphatic heterocycles. The van der Waals surface area contributed by atoms with Crippen LogP contribution in [-0.4, -0.2) is 40.9 Å². The number of hydrogen-bond donors (Lipinski definition) is 2. The Hall–Kier alpha value is -2.19. The molecule has 0 radical (unpaired) electrons. The first-order valence-corrected chi connectivity index (χ1v) is 7.85. The van der Waals surface area contributed by atoms with Crippen LogP contribution in [0.3, 0.4) is 0 Å². The van der Waals surface area contributed by atoms with Crippen LogP contribution in [0.25, 0.3) is 0 Å². The number of hydrogen-bond acceptors (Lipinski definition) is 5. The quantitative estimate of drug-likeness (QED) is 0.862. The van der Waals surface area contributed by atoms with E-state index >= 15 is 0 Å². The summed E-state index contributed by atoms with van der Waals surface area (Å²) in [5, 5.41) is 10.3. The molecule has 25 heavy (non-hydrogen) atoms. The fourth-order valence-electron chi connectivity index (χ4n) is 2.78. The topological polar surface area (TPSA) is 81.1 Å². The molecule has 136 valence electrons. The van der Waals surface area contributed by atoms with Gasteiger partial charge in [-0.3, -0.25) is 10.1 Å². The highest BCUT2D eigenvalue weighted by atomic mass is 35.5. The lowest BCUT2D eigenvalue weighted by atomic mass is 9.98. The SMILES string of the molecule is COc1cccc(C(=O)Nc2nc(C3CCNCC3)nn2C)c1F.Cl. The molecular formula is C16H21ClFN5O2. The number of aryl methyl sites for hydroxylation is 1. The van der Waals surface area contributed by atoms with Gasteiger partial charge in [-0.25, -0.2) is 9.07 Å². The fraction of sp³-hybridized carbons (Fsp3) is 0.438. The summed E-state index contributed by atoms with van der Waals surface area (Å²) in [6.45, 7) is 1.86. The third-order valence-electron chi connectivity index (χ3n) is 4.14. The van der Waals surface area contributed by atoms with Gasteiger partial charge in [-0.2, -0.15) is 10.1 Å². The number of amides is 1. The summed E-state index contributed by atoms with van der Waals surface area (Å²) in [6.07, 6.45) is 1.92. The van der Waals surface area contributed by atoms with Crippen molar-refractivity contribution in [1.29, 1.82) is 0 Å². The molecule has 1 amide bonds. The molecule has 1 fully saturated rings. The molecular weight excluding hydrogens is 349 g/mol. The Labute approximate surface area is 151 Å². The van der Waals surface area contributed by atoms with Crippen molar-refractivity contribution in [2.75, 3.05) is 25.5 Å². The van der Waals surface area contributed by atoms with E-state index in [-0.39, 0.29) is 29.6 Å². The van der Waals surface area contributed by atoms with Crippen molar-refractivity contribution in [3.05, 3.63) is 35.4 Å². The second kappa shape index (κ2) is 8.26. The summed E-state index contributed by atoms with van der Waals surface area (Å²) in [7, 11) is 3.06. The molecule has 0 unspecified atom stereocenters. The van der Waals surface area contributed by atoms with Crippen molar-refractivity contribution in [2.24, 2.45) is 7.05 Å². The van der Waals surface area contributed by atoms with Gasteiger partial charge in [-0.05, 0) is 38.1 Å². The minimum atomic E-state index is -0.696. The van der Waals surface area contributed by atoms with Crippen LogP contribution in [0.1, 0.15) is 34.9 Å². The van der Waals surface area contributed by atoms with E-state index in [1.54, 1.807) is 13.1 Å². The molecule has 3 rings (SSSR count). The normalized spacial score (nSPS) is 14.7. The van der Waals surface area contributed by atoms with Gasteiger partial charge in [0.2, 0.25) is 5.95 Å². The number of methoxy groups -OCH3 is 1. The maximum Gasteiger partial charge on any atom is 0.261 e. The van der Waals surface area contributed by atoms with E-state index in [9.17, 15) is 9.18 Å². The number of nitrogens with one attached hydrogen (secondary N) is 2. The van der Waals surface area contributed by atoms with Crippen LogP contribution in [0.4, 0.5) is 10.3 Å². The van der Waals surface area contributed by atoms with Gasteiger partial charge in [0, 0.05) is 13.0 Å². The van der Waals surface area contributed by atoms with Crippen LogP contribution in [-0.2, 0) is 7.05 Å². The summed E-state index contributed by atoms with van der Waals surface area (Å²) in [4.78, 5) is 16.8. The van der Waals surface area contributed by atoms with Gasteiger partial charge in [-0.15, -0.1) is 12.4 Å². The second-order valence-electron chi connectivity index (χ2n) is 5.72. The number of halogens is 2. The van der Waals surface area contributed by atoms with Crippen molar-refractivity contribution in [2.45, 2.75) is 18.8 Å². The average Bonchev–Trinajstić information content (AvgIpc) is 2.96. The van der Waals surface area contributed by atoms with Crippen molar-refractivity contribution >= 4 is 24.3 Å². The molecule has 0 atom stereocenters. The third-order valence-corrected chi connectivity index (χ3v) is 4.14. The number of nitrogens with zero attached hydrogens (tertiary/aromatic N) is 3. The van der Waals surface area contributed by atoms with Crippen molar-refractivity contribution in [1.82, 2.24) is 20.1 Å². The number of rotatable bonds is 4. The van der Waals surface area contributed by atoms with Gasteiger partial charge in [0.1, 0.15) is 0 Å². The van der Waals surface area contributed by atoms with E-state index in [2.05, 4.69) is 20.7 Å². The molecule has 9 heteroatoms. The van der Waals surface area contributed by atoms with E-state index in [1.165, 1.54) is 23.9 Å². The third kappa shape index (κ3) is 4.08. The molecule has 2 heterocycles. The summed E-state index contributed by atoms with van der Waals surface area (Å²) >= 11 is 0. The number of aromatic nitrogens is 3. The Balaban J connectivity index is 0.00000225. The Morgan fingerprint density at radius 2 is 2.12 bits per heavy atom. The van der Waals surface area contributed by atoms with E-state index in [4.69, 9.17) is 4.74 Å². The number of piperidine rings is 1. The monoisotopic (exact) mass is 369 g/mol. The zero-order valence-corrected chi connectivity index (χ0v) is 14.9. The Morgan fingerprint density at radius 3 is 2.80 bits per heavy atom. The maximum atomic E-state index is 14.2. The van der Waals surface area contributed by atoms with Crippen LogP contribution in [0, 0.1) is 5.82 Å². The molecule has 2 N–H and O–H groups in total. The standard InChI is InChI=1S/C16H20FN5O2.ClH/c1-22-16(19-14(21-22)10-6-8-18-9-7-10)20-15(23)11-4-3-5-12(24-2)13(11)17;/h3-5,10,18H,6-9H2,1-2H3,(H,19,20,21,23);1H. The Morgan fingerprint density at radius 1 is 1.40 bits per heavy atom. The van der Waals surface area contributed by atoms with Crippen LogP contribution < -0.4 is 15.4 Å². The van der Waals surface area contributed by atoms with Crippen LogP contribution in [0.5, 0.6) is 5.75 Å². The fourth-order valence-corrected chi connectivity index (χ4v) is 2.78. The van der Waals surface area contributed by atoms with Gasteiger partial charge >= 0.3 is 0 Å². The van der Waals surface area contributed by atoms with Gasteiger partial charge < -0.3 is 10.1 Å². The van der Waals surface area contributed by atoms with Crippen molar-refractivity contribution < 1.29 is 13.9 Å². The minimum absolute atomic E-state index is 0. The van der Waals surface area contributed by atoms with Crippen molar-refractivity contribution in [3.8, 4) is 5.75 Å². The molecule has 7 nitrogen and oxygen atoms in total. The van der Waals surface area contributed by atoms with E-state index < -0.39 is 11.7 Å². The average molecular weight is 370 g/mol. The molecule has 0 saturated carbocycles. The zero-order chi connectivity index (χ0) is 17.1. The van der Waals surface area contributed by atoms with Gasteiger partial charge in [0.05, 0.1) is 12.7 Å². The highest BCUT2D eigenvalue weighted by Gasteiger charge is 2.22. The first-order chi connectivity index (χ1) is 11.6. The first-order valence-electron chi connectivity index (χ1n) is 7.85. The summed E-state index contributed by atoms with van der Waals surface area (Å²) in [5.41, 5.74) is -0.0965. The predicted molar refractivity (Wildman–Crippen MR) is 94.0 cm³/mol. The molecule has 0 bridgehead atoms. The lowest BCUT2D eigenvalue weighted by Gasteiger charge is -2.19. The number of anilines is 1. The Bertz CT molecular complexity index is 746. The lowest BCUT2D eigenvalue weighted by molar-refractivity contribution is 0.102. The lowest BCUT2D eigenvalue weighted by Crippen LogP contribution is -2.27. The number of ether oxygens (including phenoxy) is 1. The summed E-state index contributed by atoms with van der Waals surface area (Å²) in [6, 6.07) is 4.43.